The molecule has 0 saturated carbocycles. The maximum absolute atomic E-state index is 13.5. The van der Waals surface area contributed by atoms with Crippen LogP contribution in [0, 0.1) is 13.8 Å². The molecule has 29 heavy (non-hydrogen) atoms. The highest BCUT2D eigenvalue weighted by atomic mass is 16.5. The number of anilines is 1. The van der Waals surface area contributed by atoms with Gasteiger partial charge in [0.1, 0.15) is 12.4 Å². The Morgan fingerprint density at radius 3 is 2.66 bits per heavy atom. The van der Waals surface area contributed by atoms with Gasteiger partial charge in [-0.3, -0.25) is 14.5 Å². The Labute approximate surface area is 168 Å². The highest BCUT2D eigenvalue weighted by molar-refractivity contribution is 6.15. The summed E-state index contributed by atoms with van der Waals surface area (Å²) in [5, 5.41) is 3.87. The van der Waals surface area contributed by atoms with Gasteiger partial charge >= 0.3 is 5.97 Å². The molecule has 0 N–H and O–H groups in total. The summed E-state index contributed by atoms with van der Waals surface area (Å²) < 4.78 is 10.8. The minimum absolute atomic E-state index is 0.0362. The van der Waals surface area contributed by atoms with Gasteiger partial charge in [-0.25, -0.2) is 4.79 Å². The SMILES string of the molecule is Cc1noc(C)c1COC(=O)C12CCC(=O)N1c1ccccc1C(=O)N2C(C)C. The quantitative estimate of drug-likeness (QED) is 0.737. The van der Waals surface area contributed by atoms with Gasteiger partial charge in [0.05, 0.1) is 22.5 Å². The molecule has 152 valence electrons. The van der Waals surface area contributed by atoms with E-state index in [2.05, 4.69) is 5.16 Å². The smallest absolute Gasteiger partial charge is 0.354 e. The van der Waals surface area contributed by atoms with Crippen molar-refractivity contribution in [3.05, 3.63) is 46.8 Å². The van der Waals surface area contributed by atoms with Gasteiger partial charge in [-0.1, -0.05) is 17.3 Å². The lowest BCUT2D eigenvalue weighted by molar-refractivity contribution is -0.159. The number of para-hydroxylation sites is 1. The van der Waals surface area contributed by atoms with Crippen LogP contribution in [0.15, 0.2) is 28.8 Å². The van der Waals surface area contributed by atoms with Crippen molar-refractivity contribution in [3.63, 3.8) is 0 Å². The Hall–Kier alpha value is -3.16. The molecule has 8 nitrogen and oxygen atoms in total. The number of ether oxygens (including phenoxy) is 1. The van der Waals surface area contributed by atoms with Gasteiger partial charge in [-0.2, -0.15) is 0 Å². The first-order chi connectivity index (χ1) is 13.8. The van der Waals surface area contributed by atoms with E-state index in [0.717, 1.165) is 0 Å². The summed E-state index contributed by atoms with van der Waals surface area (Å²) in [5.41, 5.74) is 0.689. The number of carbonyl (C=O) groups excluding carboxylic acids is 3. The molecule has 0 radical (unpaired) electrons. The van der Waals surface area contributed by atoms with E-state index in [0.29, 0.717) is 28.3 Å². The Bertz CT molecular complexity index is 992. The van der Waals surface area contributed by atoms with Crippen molar-refractivity contribution in [1.82, 2.24) is 10.1 Å². The maximum atomic E-state index is 13.5. The molecule has 4 rings (SSSR count). The van der Waals surface area contributed by atoms with E-state index in [1.807, 2.05) is 13.8 Å². The minimum Gasteiger partial charge on any atom is -0.457 e. The Morgan fingerprint density at radius 2 is 2.00 bits per heavy atom. The second kappa shape index (κ2) is 6.72. The summed E-state index contributed by atoms with van der Waals surface area (Å²) in [4.78, 5) is 42.6. The summed E-state index contributed by atoms with van der Waals surface area (Å²) >= 11 is 0. The van der Waals surface area contributed by atoms with E-state index < -0.39 is 11.6 Å². The highest BCUT2D eigenvalue weighted by Gasteiger charge is 2.62. The number of benzene rings is 1. The van der Waals surface area contributed by atoms with Crippen LogP contribution in [-0.2, 0) is 20.9 Å². The number of amides is 2. The number of hydrogen-bond acceptors (Lipinski definition) is 6. The zero-order valence-corrected chi connectivity index (χ0v) is 16.9. The molecule has 1 atom stereocenters. The first-order valence-electron chi connectivity index (χ1n) is 9.63. The molecule has 3 heterocycles. The van der Waals surface area contributed by atoms with Crippen molar-refractivity contribution in [3.8, 4) is 0 Å². The fourth-order valence-electron chi connectivity index (χ4n) is 4.33. The van der Waals surface area contributed by atoms with Crippen molar-refractivity contribution in [2.24, 2.45) is 0 Å². The second-order valence-corrected chi connectivity index (χ2v) is 7.71. The molecule has 1 unspecified atom stereocenters. The molecule has 8 heteroatoms. The number of nitrogens with zero attached hydrogens (tertiary/aromatic N) is 3. The van der Waals surface area contributed by atoms with Crippen LogP contribution in [0.2, 0.25) is 0 Å². The molecule has 1 aromatic carbocycles. The normalized spacial score (nSPS) is 20.9. The van der Waals surface area contributed by atoms with Crippen molar-refractivity contribution >= 4 is 23.5 Å². The van der Waals surface area contributed by atoms with Crippen LogP contribution in [0.3, 0.4) is 0 Å². The average molecular weight is 397 g/mol. The predicted octanol–water partition coefficient (Wildman–Crippen LogP) is 2.72. The number of aryl methyl sites for hydroxylation is 2. The van der Waals surface area contributed by atoms with Crippen LogP contribution in [0.4, 0.5) is 5.69 Å². The third-order valence-corrected chi connectivity index (χ3v) is 5.67. The molecule has 1 fully saturated rings. The standard InChI is InChI=1S/C21H23N3O5/c1-12(2)23-19(26)15-7-5-6-8-17(15)24-18(25)9-10-21(23,24)20(27)28-11-16-13(3)22-29-14(16)4/h5-8,12H,9-11H2,1-4H3. The number of esters is 1. The predicted molar refractivity (Wildman–Crippen MR) is 103 cm³/mol. The summed E-state index contributed by atoms with van der Waals surface area (Å²) in [5.74, 6) is -0.543. The van der Waals surface area contributed by atoms with Crippen molar-refractivity contribution in [2.75, 3.05) is 4.90 Å². The summed E-state index contributed by atoms with van der Waals surface area (Å²) in [6.07, 6.45) is 0.343. The molecule has 2 aliphatic rings. The van der Waals surface area contributed by atoms with E-state index in [4.69, 9.17) is 9.26 Å². The minimum atomic E-state index is -1.49. The van der Waals surface area contributed by atoms with E-state index >= 15 is 0 Å². The molecule has 0 spiro atoms. The third kappa shape index (κ3) is 2.66. The fourth-order valence-corrected chi connectivity index (χ4v) is 4.33. The largest absolute Gasteiger partial charge is 0.457 e. The number of hydrogen-bond donors (Lipinski definition) is 0. The van der Waals surface area contributed by atoms with E-state index in [1.165, 1.54) is 9.80 Å². The van der Waals surface area contributed by atoms with Gasteiger partial charge in [0, 0.05) is 18.9 Å². The molecular weight excluding hydrogens is 374 g/mol. The maximum Gasteiger partial charge on any atom is 0.354 e. The lowest BCUT2D eigenvalue weighted by atomic mass is 9.95. The van der Waals surface area contributed by atoms with Crippen molar-refractivity contribution in [2.45, 2.75) is 58.8 Å². The number of rotatable bonds is 4. The zero-order valence-electron chi connectivity index (χ0n) is 16.9. The van der Waals surface area contributed by atoms with Gasteiger partial charge in [0.15, 0.2) is 0 Å². The summed E-state index contributed by atoms with van der Waals surface area (Å²) in [7, 11) is 0. The van der Waals surface area contributed by atoms with Crippen LogP contribution < -0.4 is 4.90 Å². The first-order valence-corrected chi connectivity index (χ1v) is 9.63. The number of carbonyl (C=O) groups is 3. The first kappa shape index (κ1) is 19.2. The van der Waals surface area contributed by atoms with Crippen LogP contribution in [0.1, 0.15) is 54.1 Å². The third-order valence-electron chi connectivity index (χ3n) is 5.67. The molecule has 2 aromatic rings. The number of aromatic nitrogens is 1. The summed E-state index contributed by atoms with van der Waals surface area (Å²) in [6.45, 7) is 7.13. The van der Waals surface area contributed by atoms with Gasteiger partial charge in [-0.15, -0.1) is 0 Å². The number of fused-ring (bicyclic) bond motifs is 3. The Balaban J connectivity index is 1.78. The van der Waals surface area contributed by atoms with Gasteiger partial charge < -0.3 is 14.2 Å². The summed E-state index contributed by atoms with van der Waals surface area (Å²) in [6, 6.07) is 6.57. The van der Waals surface area contributed by atoms with Gasteiger partial charge in [0.25, 0.3) is 5.91 Å². The molecule has 2 amide bonds. The fraction of sp³-hybridized carbons (Fsp3) is 0.429. The van der Waals surface area contributed by atoms with Gasteiger partial charge in [-0.05, 0) is 39.8 Å². The zero-order chi connectivity index (χ0) is 20.9. The molecule has 1 saturated heterocycles. The monoisotopic (exact) mass is 397 g/mol. The van der Waals surface area contributed by atoms with E-state index in [9.17, 15) is 14.4 Å². The molecule has 2 aliphatic heterocycles. The highest BCUT2D eigenvalue weighted by Crippen LogP contribution is 2.46. The average Bonchev–Trinajstić information content (AvgIpc) is 3.20. The van der Waals surface area contributed by atoms with E-state index in [1.54, 1.807) is 38.1 Å². The van der Waals surface area contributed by atoms with Crippen molar-refractivity contribution in [1.29, 1.82) is 0 Å². The van der Waals surface area contributed by atoms with Crippen LogP contribution in [0.25, 0.3) is 0 Å². The van der Waals surface area contributed by atoms with Crippen LogP contribution in [0.5, 0.6) is 0 Å². The van der Waals surface area contributed by atoms with E-state index in [-0.39, 0.29) is 37.3 Å². The Kier molecular flexibility index (Phi) is 4.44. The molecule has 0 aliphatic carbocycles. The van der Waals surface area contributed by atoms with Gasteiger partial charge in [0.2, 0.25) is 11.6 Å². The van der Waals surface area contributed by atoms with Crippen molar-refractivity contribution < 1.29 is 23.6 Å². The molecule has 1 aromatic heterocycles. The lowest BCUT2D eigenvalue weighted by Gasteiger charge is -2.50. The van der Waals surface area contributed by atoms with Crippen LogP contribution in [-0.4, -0.2) is 39.5 Å². The topological polar surface area (TPSA) is 93.0 Å². The Morgan fingerprint density at radius 1 is 1.28 bits per heavy atom. The lowest BCUT2D eigenvalue weighted by Crippen LogP contribution is -2.70. The molecule has 0 bridgehead atoms. The second-order valence-electron chi connectivity index (χ2n) is 7.71. The van der Waals surface area contributed by atoms with Crippen LogP contribution >= 0.6 is 0 Å². The molecular formula is C21H23N3O5.